The normalized spacial score (nSPS) is 30.4. The van der Waals surface area contributed by atoms with Crippen molar-refractivity contribution in [2.45, 2.75) is 37.8 Å². The molecule has 1 heterocycles. The van der Waals surface area contributed by atoms with Gasteiger partial charge in [-0.3, -0.25) is 0 Å². The van der Waals surface area contributed by atoms with Gasteiger partial charge in [-0.25, -0.2) is 9.67 Å². The monoisotopic (exact) mass is 167 g/mol. The molecule has 1 saturated carbocycles. The molecule has 0 bridgehead atoms. The molecular formula is C8H13N3O. The summed E-state index contributed by atoms with van der Waals surface area (Å²) >= 11 is 0. The van der Waals surface area contributed by atoms with Crippen molar-refractivity contribution < 1.29 is 5.11 Å². The topological polar surface area (TPSA) is 50.9 Å². The van der Waals surface area contributed by atoms with Crippen molar-refractivity contribution in [3.63, 3.8) is 0 Å². The predicted octanol–water partition coefficient (Wildman–Crippen LogP) is 0.754. The van der Waals surface area contributed by atoms with E-state index in [0.29, 0.717) is 0 Å². The highest BCUT2D eigenvalue weighted by atomic mass is 16.3. The van der Waals surface area contributed by atoms with E-state index in [9.17, 15) is 5.11 Å². The average molecular weight is 167 g/mol. The van der Waals surface area contributed by atoms with Gasteiger partial charge in [0.1, 0.15) is 12.7 Å². The molecule has 1 aliphatic rings. The molecule has 0 amide bonds. The van der Waals surface area contributed by atoms with E-state index in [-0.39, 0.29) is 12.1 Å². The van der Waals surface area contributed by atoms with E-state index in [2.05, 4.69) is 10.1 Å². The molecular weight excluding hydrogens is 154 g/mol. The second kappa shape index (κ2) is 3.23. The van der Waals surface area contributed by atoms with Gasteiger partial charge in [0, 0.05) is 0 Å². The molecule has 0 aromatic carbocycles. The predicted molar refractivity (Wildman–Crippen MR) is 43.5 cm³/mol. The van der Waals surface area contributed by atoms with Crippen LogP contribution in [0.4, 0.5) is 0 Å². The van der Waals surface area contributed by atoms with Crippen LogP contribution < -0.4 is 0 Å². The zero-order valence-corrected chi connectivity index (χ0v) is 6.93. The van der Waals surface area contributed by atoms with Crippen LogP contribution in [0.1, 0.15) is 31.7 Å². The summed E-state index contributed by atoms with van der Waals surface area (Å²) < 4.78 is 1.77. The number of rotatable bonds is 1. The molecule has 4 nitrogen and oxygen atoms in total. The van der Waals surface area contributed by atoms with Crippen LogP contribution in [0.15, 0.2) is 12.7 Å². The molecule has 2 atom stereocenters. The smallest absolute Gasteiger partial charge is 0.137 e. The fraction of sp³-hybridized carbons (Fsp3) is 0.750. The van der Waals surface area contributed by atoms with Crippen molar-refractivity contribution in [2.24, 2.45) is 0 Å². The first-order chi connectivity index (χ1) is 5.88. The fourth-order valence-electron chi connectivity index (χ4n) is 1.79. The Kier molecular flexibility index (Phi) is 2.08. The van der Waals surface area contributed by atoms with Gasteiger partial charge in [0.25, 0.3) is 0 Å². The minimum absolute atomic E-state index is 0.154. The molecule has 1 aromatic rings. The quantitative estimate of drug-likeness (QED) is 0.671. The molecule has 1 fully saturated rings. The van der Waals surface area contributed by atoms with Gasteiger partial charge in [-0.15, -0.1) is 0 Å². The molecule has 4 heteroatoms. The Morgan fingerprint density at radius 3 is 2.83 bits per heavy atom. The molecule has 0 radical (unpaired) electrons. The van der Waals surface area contributed by atoms with E-state index < -0.39 is 0 Å². The van der Waals surface area contributed by atoms with Crippen molar-refractivity contribution in [1.29, 1.82) is 0 Å². The summed E-state index contributed by atoms with van der Waals surface area (Å²) in [7, 11) is 0. The third-order valence-corrected chi connectivity index (χ3v) is 2.47. The first-order valence-corrected chi connectivity index (χ1v) is 4.40. The largest absolute Gasteiger partial charge is 0.391 e. The molecule has 12 heavy (non-hydrogen) atoms. The maximum absolute atomic E-state index is 9.65. The molecule has 0 aliphatic heterocycles. The van der Waals surface area contributed by atoms with Gasteiger partial charge < -0.3 is 5.11 Å². The van der Waals surface area contributed by atoms with Crippen molar-refractivity contribution in [2.75, 3.05) is 0 Å². The summed E-state index contributed by atoms with van der Waals surface area (Å²) in [6, 6.07) is 0.154. The van der Waals surface area contributed by atoms with Gasteiger partial charge in [0.2, 0.25) is 0 Å². The third kappa shape index (κ3) is 1.34. The fourth-order valence-corrected chi connectivity index (χ4v) is 1.79. The molecule has 0 unspecified atom stereocenters. The molecule has 1 aromatic heterocycles. The lowest BCUT2D eigenvalue weighted by Crippen LogP contribution is -2.27. The zero-order valence-electron chi connectivity index (χ0n) is 6.93. The number of aliphatic hydroxyl groups is 1. The first kappa shape index (κ1) is 7.73. The third-order valence-electron chi connectivity index (χ3n) is 2.47. The first-order valence-electron chi connectivity index (χ1n) is 4.40. The Bertz CT molecular complexity index is 234. The Labute approximate surface area is 71.2 Å². The van der Waals surface area contributed by atoms with Crippen LogP contribution in [0.3, 0.4) is 0 Å². The van der Waals surface area contributed by atoms with E-state index in [1.54, 1.807) is 11.0 Å². The van der Waals surface area contributed by atoms with E-state index >= 15 is 0 Å². The second-order valence-electron chi connectivity index (χ2n) is 3.29. The van der Waals surface area contributed by atoms with Gasteiger partial charge in [0.05, 0.1) is 12.1 Å². The Morgan fingerprint density at radius 1 is 1.33 bits per heavy atom. The van der Waals surface area contributed by atoms with Crippen LogP contribution in [0.25, 0.3) is 0 Å². The SMILES string of the molecule is O[C@@H]1CCCC[C@H]1n1cncn1. The lowest BCUT2D eigenvalue weighted by molar-refractivity contribution is 0.0693. The Balaban J connectivity index is 2.11. The van der Waals surface area contributed by atoms with Crippen LogP contribution in [0.5, 0.6) is 0 Å². The molecule has 0 saturated heterocycles. The van der Waals surface area contributed by atoms with E-state index in [1.807, 2.05) is 0 Å². The Morgan fingerprint density at radius 2 is 2.17 bits per heavy atom. The lowest BCUT2D eigenvalue weighted by atomic mass is 9.93. The highest BCUT2D eigenvalue weighted by Crippen LogP contribution is 2.27. The van der Waals surface area contributed by atoms with Crippen molar-refractivity contribution in [1.82, 2.24) is 14.8 Å². The minimum atomic E-state index is -0.236. The standard InChI is InChI=1S/C8H13N3O/c12-8-4-2-1-3-7(8)11-6-9-5-10-11/h5-8,12H,1-4H2/t7-,8-/m1/s1. The summed E-state index contributed by atoms with van der Waals surface area (Å²) in [5, 5.41) is 13.7. The number of hydrogen-bond donors (Lipinski definition) is 1. The summed E-state index contributed by atoms with van der Waals surface area (Å²) in [6.45, 7) is 0. The lowest BCUT2D eigenvalue weighted by Gasteiger charge is -2.27. The second-order valence-corrected chi connectivity index (χ2v) is 3.29. The van der Waals surface area contributed by atoms with Crippen LogP contribution in [0, 0.1) is 0 Å². The number of nitrogens with zero attached hydrogens (tertiary/aromatic N) is 3. The maximum atomic E-state index is 9.65. The summed E-state index contributed by atoms with van der Waals surface area (Å²) in [5.41, 5.74) is 0. The van der Waals surface area contributed by atoms with Gasteiger partial charge in [0.15, 0.2) is 0 Å². The molecule has 66 valence electrons. The summed E-state index contributed by atoms with van der Waals surface area (Å²) in [6.07, 6.45) is 7.18. The van der Waals surface area contributed by atoms with Gasteiger partial charge in [-0.2, -0.15) is 5.10 Å². The van der Waals surface area contributed by atoms with Crippen LogP contribution in [-0.2, 0) is 0 Å². The van der Waals surface area contributed by atoms with Gasteiger partial charge in [-0.05, 0) is 12.8 Å². The molecule has 0 spiro atoms. The number of aromatic nitrogens is 3. The van der Waals surface area contributed by atoms with Crippen molar-refractivity contribution in [3.05, 3.63) is 12.7 Å². The maximum Gasteiger partial charge on any atom is 0.137 e. The molecule has 1 N–H and O–H groups in total. The van der Waals surface area contributed by atoms with Crippen LogP contribution in [0.2, 0.25) is 0 Å². The van der Waals surface area contributed by atoms with E-state index in [1.165, 1.54) is 12.7 Å². The van der Waals surface area contributed by atoms with Gasteiger partial charge in [-0.1, -0.05) is 12.8 Å². The van der Waals surface area contributed by atoms with Crippen molar-refractivity contribution >= 4 is 0 Å². The van der Waals surface area contributed by atoms with Crippen LogP contribution in [-0.4, -0.2) is 26.0 Å². The minimum Gasteiger partial charge on any atom is -0.391 e. The van der Waals surface area contributed by atoms with E-state index in [4.69, 9.17) is 0 Å². The Hall–Kier alpha value is -0.900. The summed E-state index contributed by atoms with van der Waals surface area (Å²) in [5.74, 6) is 0. The number of aliphatic hydroxyl groups excluding tert-OH is 1. The van der Waals surface area contributed by atoms with Crippen LogP contribution >= 0.6 is 0 Å². The van der Waals surface area contributed by atoms with E-state index in [0.717, 1.165) is 19.3 Å². The van der Waals surface area contributed by atoms with Gasteiger partial charge >= 0.3 is 0 Å². The molecule has 2 rings (SSSR count). The average Bonchev–Trinajstić information content (AvgIpc) is 2.57. The van der Waals surface area contributed by atoms with Crippen molar-refractivity contribution in [3.8, 4) is 0 Å². The number of hydrogen-bond acceptors (Lipinski definition) is 3. The zero-order chi connectivity index (χ0) is 8.39. The summed E-state index contributed by atoms with van der Waals surface area (Å²) in [4.78, 5) is 3.87. The highest BCUT2D eigenvalue weighted by molar-refractivity contribution is 4.79. The highest BCUT2D eigenvalue weighted by Gasteiger charge is 2.24. The molecule has 1 aliphatic carbocycles.